The summed E-state index contributed by atoms with van der Waals surface area (Å²) in [6.45, 7) is 1.33. The number of nitriles is 1. The van der Waals surface area contributed by atoms with Crippen molar-refractivity contribution in [3.63, 3.8) is 0 Å². The fraction of sp³-hybridized carbons (Fsp3) is 0.471. The minimum absolute atomic E-state index is 0.0202. The van der Waals surface area contributed by atoms with Gasteiger partial charge in [0.25, 0.3) is 0 Å². The summed E-state index contributed by atoms with van der Waals surface area (Å²) in [6.07, 6.45) is 0.702. The zero-order chi connectivity index (χ0) is 19.7. The number of anilines is 1. The third-order valence-corrected chi connectivity index (χ3v) is 5.79. The van der Waals surface area contributed by atoms with Crippen molar-refractivity contribution < 1.29 is 22.3 Å². The van der Waals surface area contributed by atoms with E-state index in [1.807, 2.05) is 0 Å². The molecule has 0 aromatic carbocycles. The molecule has 28 heavy (non-hydrogen) atoms. The predicted molar refractivity (Wildman–Crippen MR) is 87.8 cm³/mol. The highest BCUT2D eigenvalue weighted by molar-refractivity contribution is 5.62. The second-order valence-electron chi connectivity index (χ2n) is 7.33. The third kappa shape index (κ3) is 2.33. The molecule has 0 N–H and O–H groups in total. The number of hydrogen-bond acceptors (Lipinski definition) is 6. The van der Waals surface area contributed by atoms with Gasteiger partial charge in [-0.05, 0) is 25.0 Å². The van der Waals surface area contributed by atoms with E-state index in [2.05, 4.69) is 21.2 Å². The summed E-state index contributed by atoms with van der Waals surface area (Å²) in [6, 6.07) is 3.18. The first-order chi connectivity index (χ1) is 13.3. The molecule has 2 aliphatic heterocycles. The van der Waals surface area contributed by atoms with Gasteiger partial charge in [0.1, 0.15) is 6.26 Å². The van der Waals surface area contributed by atoms with Gasteiger partial charge in [0, 0.05) is 18.7 Å². The third-order valence-electron chi connectivity index (χ3n) is 5.79. The topological polar surface area (TPSA) is 69.5 Å². The lowest BCUT2D eigenvalue weighted by Gasteiger charge is -2.23. The van der Waals surface area contributed by atoms with Crippen LogP contribution in [0.5, 0.6) is 5.75 Å². The van der Waals surface area contributed by atoms with E-state index in [0.29, 0.717) is 25.0 Å². The molecule has 2 aromatic heterocycles. The monoisotopic (exact) mass is 394 g/mol. The number of likely N-dealkylation sites (tertiary alicyclic amines) is 1. The largest absolute Gasteiger partial charge is 0.458 e. The van der Waals surface area contributed by atoms with Gasteiger partial charge in [0.05, 0.1) is 18.1 Å². The summed E-state index contributed by atoms with van der Waals surface area (Å²) in [4.78, 5) is 8.26. The molecule has 11 heteroatoms. The van der Waals surface area contributed by atoms with Gasteiger partial charge < -0.3 is 14.5 Å². The van der Waals surface area contributed by atoms with E-state index in [1.54, 1.807) is 11.1 Å². The quantitative estimate of drug-likeness (QED) is 0.345. The predicted octanol–water partition coefficient (Wildman–Crippen LogP) is 2.62. The molecule has 0 unspecified atom stereocenters. The van der Waals surface area contributed by atoms with Gasteiger partial charge in [-0.3, -0.25) is 0 Å². The van der Waals surface area contributed by atoms with Crippen LogP contribution < -0.4 is 9.64 Å². The SMILES string of the molecule is N#CN1C[C@@H]2CC[C@]3(C1)[C@H]2N3c1nc2c(O/C=C(\F)C(F)(F)F)cccn2n1. The van der Waals surface area contributed by atoms with Gasteiger partial charge in [0.15, 0.2) is 17.6 Å². The summed E-state index contributed by atoms with van der Waals surface area (Å²) < 4.78 is 56.2. The zero-order valence-corrected chi connectivity index (χ0v) is 14.4. The van der Waals surface area contributed by atoms with Crippen LogP contribution in [0.2, 0.25) is 0 Å². The first-order valence-electron chi connectivity index (χ1n) is 8.72. The lowest BCUT2D eigenvalue weighted by atomic mass is 10.00. The summed E-state index contributed by atoms with van der Waals surface area (Å²) in [7, 11) is 0. The average molecular weight is 394 g/mol. The fourth-order valence-corrected chi connectivity index (χ4v) is 4.67. The molecule has 7 nitrogen and oxygen atoms in total. The second kappa shape index (κ2) is 5.50. The lowest BCUT2D eigenvalue weighted by molar-refractivity contribution is -0.110. The molecule has 0 spiro atoms. The summed E-state index contributed by atoms with van der Waals surface area (Å²) >= 11 is 0. The molecule has 2 saturated heterocycles. The minimum atomic E-state index is -5.11. The van der Waals surface area contributed by atoms with Crippen molar-refractivity contribution in [2.24, 2.45) is 5.92 Å². The second-order valence-corrected chi connectivity index (χ2v) is 7.33. The number of nitrogens with zero attached hydrogens (tertiary/aromatic N) is 6. The fourth-order valence-electron chi connectivity index (χ4n) is 4.67. The Balaban J connectivity index is 1.46. The highest BCUT2D eigenvalue weighted by Crippen LogP contribution is 2.60. The maximum absolute atomic E-state index is 13.0. The van der Waals surface area contributed by atoms with Gasteiger partial charge in [-0.1, -0.05) is 0 Å². The smallest absolute Gasteiger partial charge is 0.446 e. The Labute approximate surface area is 156 Å². The Morgan fingerprint density at radius 3 is 3.00 bits per heavy atom. The molecule has 0 radical (unpaired) electrons. The number of fused-ring (bicyclic) bond motifs is 1. The standard InChI is InChI=1S/C17H14F4N6O/c18-12(17(19,20)21)7-28-11-2-1-5-26-14(11)23-15(24-26)27-13-10-3-4-16(13,27)8-25(6-10)9-22/h1-2,5,7,10,13H,3-4,6,8H2/b12-7-/t10-,13-,16-,27?/m0/s1. The molecule has 4 heterocycles. The van der Waals surface area contributed by atoms with E-state index in [0.717, 1.165) is 12.8 Å². The Morgan fingerprint density at radius 1 is 1.43 bits per heavy atom. The lowest BCUT2D eigenvalue weighted by Crippen LogP contribution is -2.39. The highest BCUT2D eigenvalue weighted by atomic mass is 19.4. The summed E-state index contributed by atoms with van der Waals surface area (Å²) in [5.41, 5.74) is 0.0316. The number of ether oxygens (including phenoxy) is 1. The molecule has 1 aliphatic carbocycles. The van der Waals surface area contributed by atoms with E-state index in [1.165, 1.54) is 16.6 Å². The van der Waals surface area contributed by atoms with Crippen LogP contribution in [0.1, 0.15) is 12.8 Å². The van der Waals surface area contributed by atoms with Gasteiger partial charge in [-0.15, -0.1) is 5.10 Å². The Kier molecular flexibility index (Phi) is 3.36. The van der Waals surface area contributed by atoms with Crippen LogP contribution in [0, 0.1) is 17.4 Å². The maximum Gasteiger partial charge on any atom is 0.446 e. The molecular formula is C17H14F4N6O. The molecule has 0 amide bonds. The van der Waals surface area contributed by atoms with Crippen LogP contribution in [-0.2, 0) is 0 Å². The van der Waals surface area contributed by atoms with Crippen molar-refractivity contribution in [3.8, 4) is 11.9 Å². The van der Waals surface area contributed by atoms with Crippen molar-refractivity contribution in [1.29, 1.82) is 5.26 Å². The molecule has 1 saturated carbocycles. The number of halogens is 4. The molecule has 5 rings (SSSR count). The van der Waals surface area contributed by atoms with Gasteiger partial charge in [0.2, 0.25) is 11.8 Å². The van der Waals surface area contributed by atoms with Crippen LogP contribution in [0.15, 0.2) is 30.4 Å². The number of pyridine rings is 1. The van der Waals surface area contributed by atoms with Crippen LogP contribution in [0.3, 0.4) is 0 Å². The number of hydrogen-bond donors (Lipinski definition) is 0. The normalized spacial score (nSPS) is 29.0. The minimum Gasteiger partial charge on any atom is -0.458 e. The Bertz CT molecular complexity index is 1030. The molecular weight excluding hydrogens is 380 g/mol. The van der Waals surface area contributed by atoms with Gasteiger partial charge in [-0.2, -0.15) is 27.8 Å². The van der Waals surface area contributed by atoms with Crippen molar-refractivity contribution >= 4 is 11.6 Å². The van der Waals surface area contributed by atoms with Crippen LogP contribution >= 0.6 is 0 Å². The van der Waals surface area contributed by atoms with Gasteiger partial charge in [-0.25, -0.2) is 4.52 Å². The van der Waals surface area contributed by atoms with E-state index < -0.39 is 12.0 Å². The molecule has 146 valence electrons. The van der Waals surface area contributed by atoms with E-state index >= 15 is 0 Å². The Hall–Kier alpha value is -3.03. The number of piperidine rings is 2. The first-order valence-corrected chi connectivity index (χ1v) is 8.72. The molecule has 2 aromatic rings. The van der Waals surface area contributed by atoms with Crippen molar-refractivity contribution in [1.82, 2.24) is 19.5 Å². The van der Waals surface area contributed by atoms with Crippen LogP contribution in [-0.4, -0.2) is 50.3 Å². The van der Waals surface area contributed by atoms with Crippen molar-refractivity contribution in [2.75, 3.05) is 18.0 Å². The maximum atomic E-state index is 13.0. The number of aromatic nitrogens is 3. The zero-order valence-electron chi connectivity index (χ0n) is 14.4. The molecule has 3 fully saturated rings. The van der Waals surface area contributed by atoms with E-state index in [9.17, 15) is 22.8 Å². The van der Waals surface area contributed by atoms with Gasteiger partial charge >= 0.3 is 6.18 Å². The van der Waals surface area contributed by atoms with Crippen molar-refractivity contribution in [3.05, 3.63) is 30.4 Å². The van der Waals surface area contributed by atoms with Crippen LogP contribution in [0.4, 0.5) is 23.5 Å². The average Bonchev–Trinajstić information content (AvgIpc) is 3.02. The van der Waals surface area contributed by atoms with E-state index in [4.69, 9.17) is 4.74 Å². The first kappa shape index (κ1) is 17.1. The Morgan fingerprint density at radius 2 is 2.25 bits per heavy atom. The number of allylic oxidation sites excluding steroid dienone is 1. The number of alkyl halides is 3. The molecule has 3 atom stereocenters. The number of rotatable bonds is 3. The summed E-state index contributed by atoms with van der Waals surface area (Å²) in [5.74, 6) is -1.57. The van der Waals surface area contributed by atoms with E-state index in [-0.39, 0.29) is 29.2 Å². The summed E-state index contributed by atoms with van der Waals surface area (Å²) in [5, 5.41) is 13.7. The highest BCUT2D eigenvalue weighted by Gasteiger charge is 2.73. The van der Waals surface area contributed by atoms with Crippen molar-refractivity contribution in [2.45, 2.75) is 30.6 Å². The van der Waals surface area contributed by atoms with Crippen LogP contribution in [0.25, 0.3) is 5.65 Å². The molecule has 2 bridgehead atoms. The molecule has 3 aliphatic rings.